The molecule has 0 radical (unpaired) electrons. The van der Waals surface area contributed by atoms with Gasteiger partial charge in [0, 0.05) is 22.0 Å². The van der Waals surface area contributed by atoms with Crippen LogP contribution in [0.2, 0.25) is 0 Å². The molecule has 0 saturated heterocycles. The number of aromatic nitrogens is 1. The number of nitrogens with two attached hydrogens (primary N) is 2. The first-order valence-corrected chi connectivity index (χ1v) is 11.1. The number of aromatic amines is 1. The molecule has 5 rings (SSSR count). The average Bonchev–Trinajstić information content (AvgIpc) is 3.17. The molecule has 0 saturated carbocycles. The van der Waals surface area contributed by atoms with Gasteiger partial charge in [-0.2, -0.15) is 0 Å². The van der Waals surface area contributed by atoms with Gasteiger partial charge in [-0.1, -0.05) is 12.1 Å². The lowest BCUT2D eigenvalue weighted by atomic mass is 9.77. The van der Waals surface area contributed by atoms with Crippen molar-refractivity contribution in [2.75, 3.05) is 0 Å². The summed E-state index contributed by atoms with van der Waals surface area (Å²) in [5.41, 5.74) is 16.8. The zero-order valence-corrected chi connectivity index (χ0v) is 18.1. The Kier molecular flexibility index (Phi) is 5.35. The number of carbonyl (C=O) groups is 1. The van der Waals surface area contributed by atoms with E-state index >= 15 is 0 Å². The Morgan fingerprint density at radius 3 is 2.27 bits per heavy atom. The zero-order valence-electron chi connectivity index (χ0n) is 18.1. The van der Waals surface area contributed by atoms with Gasteiger partial charge in [0.25, 0.3) is 0 Å². The van der Waals surface area contributed by atoms with E-state index in [1.54, 1.807) is 18.2 Å². The van der Waals surface area contributed by atoms with Crippen molar-refractivity contribution in [2.45, 2.75) is 31.3 Å². The topological polar surface area (TPSA) is 84.9 Å². The van der Waals surface area contributed by atoms with Gasteiger partial charge in [-0.25, -0.2) is 8.78 Å². The summed E-state index contributed by atoms with van der Waals surface area (Å²) in [5.74, 6) is -0.528. The van der Waals surface area contributed by atoms with Crippen LogP contribution in [0, 0.1) is 17.6 Å². The van der Waals surface area contributed by atoms with E-state index in [0.29, 0.717) is 17.5 Å². The van der Waals surface area contributed by atoms with Crippen LogP contribution in [0.4, 0.5) is 8.78 Å². The molecule has 4 nitrogen and oxygen atoms in total. The number of H-pyrrole nitrogens is 1. The quantitative estimate of drug-likeness (QED) is 0.300. The smallest absolute Gasteiger partial charge is 0.193 e. The second-order valence-electron chi connectivity index (χ2n) is 9.05. The third-order valence-electron chi connectivity index (χ3n) is 6.61. The second-order valence-corrected chi connectivity index (χ2v) is 9.05. The molecular weight excluding hydrogens is 420 g/mol. The molecule has 1 atom stereocenters. The lowest BCUT2D eigenvalue weighted by Gasteiger charge is -2.35. The van der Waals surface area contributed by atoms with Crippen molar-refractivity contribution in [2.24, 2.45) is 17.4 Å². The van der Waals surface area contributed by atoms with Crippen molar-refractivity contribution < 1.29 is 13.6 Å². The van der Waals surface area contributed by atoms with E-state index in [1.165, 1.54) is 36.4 Å². The predicted octanol–water partition coefficient (Wildman–Crippen LogP) is 4.94. The molecular formula is C27H25F2N3O. The number of halogens is 2. The maximum absolute atomic E-state index is 13.3. The summed E-state index contributed by atoms with van der Waals surface area (Å²) < 4.78 is 26.5. The monoisotopic (exact) mass is 445 g/mol. The molecule has 0 aliphatic heterocycles. The van der Waals surface area contributed by atoms with Crippen LogP contribution >= 0.6 is 0 Å². The third kappa shape index (κ3) is 4.19. The van der Waals surface area contributed by atoms with Gasteiger partial charge >= 0.3 is 0 Å². The van der Waals surface area contributed by atoms with Crippen LogP contribution < -0.4 is 11.5 Å². The predicted molar refractivity (Wildman–Crippen MR) is 125 cm³/mol. The summed E-state index contributed by atoms with van der Waals surface area (Å²) in [6.45, 7) is 0. The lowest BCUT2D eigenvalue weighted by Crippen LogP contribution is -2.51. The van der Waals surface area contributed by atoms with Crippen molar-refractivity contribution in [3.8, 4) is 0 Å². The molecule has 0 amide bonds. The Hall–Kier alpha value is -3.35. The Bertz CT molecular complexity index is 1320. The number of benzene rings is 3. The first-order valence-electron chi connectivity index (χ1n) is 11.1. The van der Waals surface area contributed by atoms with Gasteiger partial charge < -0.3 is 16.5 Å². The largest absolute Gasteiger partial charge is 0.356 e. The molecule has 6 heteroatoms. The highest BCUT2D eigenvalue weighted by Crippen LogP contribution is 2.39. The van der Waals surface area contributed by atoms with Gasteiger partial charge in [-0.15, -0.1) is 0 Å². The van der Waals surface area contributed by atoms with Crippen LogP contribution in [0.25, 0.3) is 10.9 Å². The van der Waals surface area contributed by atoms with E-state index < -0.39 is 5.66 Å². The summed E-state index contributed by atoms with van der Waals surface area (Å²) >= 11 is 0. The van der Waals surface area contributed by atoms with Crippen LogP contribution in [0.5, 0.6) is 0 Å². The fraction of sp³-hybridized carbons (Fsp3) is 0.222. The molecule has 3 aromatic carbocycles. The summed E-state index contributed by atoms with van der Waals surface area (Å²) in [5, 5.41) is 0.935. The minimum Gasteiger partial charge on any atom is -0.356 e. The van der Waals surface area contributed by atoms with Gasteiger partial charge in [-0.3, -0.25) is 4.79 Å². The Morgan fingerprint density at radius 2 is 1.58 bits per heavy atom. The number of nitrogens with one attached hydrogen (secondary N) is 1. The van der Waals surface area contributed by atoms with Crippen molar-refractivity contribution in [3.63, 3.8) is 0 Å². The van der Waals surface area contributed by atoms with Crippen molar-refractivity contribution in [1.29, 1.82) is 0 Å². The van der Waals surface area contributed by atoms with Gasteiger partial charge in [0.05, 0.1) is 5.69 Å². The highest BCUT2D eigenvalue weighted by molar-refractivity contribution is 6.10. The molecule has 0 spiro atoms. The third-order valence-corrected chi connectivity index (χ3v) is 6.61. The number of rotatable bonds is 5. The number of ketones is 1. The molecule has 1 aliphatic rings. The molecule has 0 fully saturated rings. The average molecular weight is 446 g/mol. The highest BCUT2D eigenvalue weighted by Gasteiger charge is 2.36. The fourth-order valence-corrected chi connectivity index (χ4v) is 4.93. The Labute approximate surface area is 190 Å². The summed E-state index contributed by atoms with van der Waals surface area (Å²) in [7, 11) is 0. The number of fused-ring (bicyclic) bond motifs is 3. The second kappa shape index (κ2) is 8.21. The molecule has 1 aliphatic carbocycles. The summed E-state index contributed by atoms with van der Waals surface area (Å²) in [6.07, 6.45) is 3.12. The molecule has 5 N–H and O–H groups in total. The first kappa shape index (κ1) is 21.5. The maximum Gasteiger partial charge on any atom is 0.193 e. The van der Waals surface area contributed by atoms with E-state index in [9.17, 15) is 13.6 Å². The normalized spacial score (nSPS) is 17.2. The van der Waals surface area contributed by atoms with Crippen LogP contribution in [-0.4, -0.2) is 10.8 Å². The molecule has 168 valence electrons. The van der Waals surface area contributed by atoms with Gasteiger partial charge in [0.2, 0.25) is 0 Å². The number of hydrogen-bond acceptors (Lipinski definition) is 3. The van der Waals surface area contributed by atoms with Gasteiger partial charge in [0.1, 0.15) is 17.3 Å². The molecule has 1 heterocycles. The van der Waals surface area contributed by atoms with E-state index in [-0.39, 0.29) is 23.3 Å². The number of carbonyl (C=O) groups excluding carboxylic acids is 1. The molecule has 33 heavy (non-hydrogen) atoms. The van der Waals surface area contributed by atoms with Gasteiger partial charge in [-0.05, 0) is 97.3 Å². The molecule has 0 bridgehead atoms. The van der Waals surface area contributed by atoms with Gasteiger partial charge in [0.15, 0.2) is 5.78 Å². The lowest BCUT2D eigenvalue weighted by molar-refractivity contribution is 0.103. The highest BCUT2D eigenvalue weighted by atomic mass is 19.1. The van der Waals surface area contributed by atoms with E-state index in [4.69, 9.17) is 11.5 Å². The van der Waals surface area contributed by atoms with Crippen LogP contribution in [0.15, 0.2) is 66.7 Å². The maximum atomic E-state index is 13.3. The molecule has 1 unspecified atom stereocenters. The van der Waals surface area contributed by atoms with E-state index in [1.807, 2.05) is 12.1 Å². The van der Waals surface area contributed by atoms with Crippen molar-refractivity contribution in [3.05, 3.63) is 106 Å². The summed E-state index contributed by atoms with van der Waals surface area (Å²) in [4.78, 5) is 16.3. The number of hydrogen-bond donors (Lipinski definition) is 3. The zero-order chi connectivity index (χ0) is 23.2. The van der Waals surface area contributed by atoms with Crippen LogP contribution in [0.3, 0.4) is 0 Å². The standard InChI is InChI=1S/C27H25F2N3O/c28-20-8-3-16(4-9-20)1-2-17-13-23-22-14-19(25(33)18-5-10-21(29)11-6-18)7-12-24(22)32-26(23)27(30,31)15-17/h3-12,14,17,32H,1-2,13,15,30-31H2. The number of aryl methyl sites for hydroxylation is 1. The van der Waals surface area contributed by atoms with Crippen LogP contribution in [-0.2, 0) is 18.5 Å². The van der Waals surface area contributed by atoms with E-state index in [0.717, 1.165) is 47.0 Å². The summed E-state index contributed by atoms with van der Waals surface area (Å²) in [6, 6.07) is 17.6. The Balaban J connectivity index is 1.44. The van der Waals surface area contributed by atoms with E-state index in [2.05, 4.69) is 4.98 Å². The SMILES string of the molecule is NC1(N)CC(CCc2ccc(F)cc2)Cc2c1[nH]c1ccc(C(=O)c3ccc(F)cc3)cc21. The minimum atomic E-state index is -0.999. The fourth-order valence-electron chi connectivity index (χ4n) is 4.93. The molecule has 1 aromatic heterocycles. The minimum absolute atomic E-state index is 0.165. The van der Waals surface area contributed by atoms with Crippen molar-refractivity contribution >= 4 is 16.7 Å². The first-order chi connectivity index (χ1) is 15.8. The van der Waals surface area contributed by atoms with Crippen molar-refractivity contribution in [1.82, 2.24) is 4.98 Å². The Morgan fingerprint density at radius 1 is 0.939 bits per heavy atom. The van der Waals surface area contributed by atoms with Crippen LogP contribution in [0.1, 0.15) is 45.6 Å². The molecule has 4 aromatic rings.